The molecule has 0 bridgehead atoms. The maximum atomic E-state index is 13.9. The summed E-state index contributed by atoms with van der Waals surface area (Å²) < 4.78 is 27.7. The van der Waals surface area contributed by atoms with E-state index < -0.39 is 59.0 Å². The number of rotatable bonds is 6. The van der Waals surface area contributed by atoms with Crippen LogP contribution in [0.5, 0.6) is 0 Å². The largest absolute Gasteiger partial charge is 0.378 e. The van der Waals surface area contributed by atoms with Gasteiger partial charge in [-0.3, -0.25) is 19.3 Å². The molecule has 196 valence electrons. The summed E-state index contributed by atoms with van der Waals surface area (Å²) in [5.74, 6) is -5.65. The van der Waals surface area contributed by atoms with Crippen molar-refractivity contribution < 1.29 is 28.3 Å². The van der Waals surface area contributed by atoms with Crippen LogP contribution in [-0.2, 0) is 14.4 Å². The number of imide groups is 1. The highest BCUT2D eigenvalue weighted by atomic mass is 19.1. The number of carbonyl (C=O) groups excluding carboxylic acids is 3. The van der Waals surface area contributed by atoms with E-state index in [-0.39, 0.29) is 6.54 Å². The number of nitrogens with one attached hydrogen (secondary N) is 1. The molecule has 0 aliphatic carbocycles. The number of amides is 3. The maximum Gasteiger partial charge on any atom is 0.263 e. The van der Waals surface area contributed by atoms with Gasteiger partial charge in [0, 0.05) is 18.5 Å². The number of hydrogen-bond donors (Lipinski definition) is 3. The zero-order chi connectivity index (χ0) is 27.4. The molecule has 0 spiro atoms. The van der Waals surface area contributed by atoms with Gasteiger partial charge in [0.15, 0.2) is 6.10 Å². The third-order valence-corrected chi connectivity index (χ3v) is 6.35. The Morgan fingerprint density at radius 2 is 1.55 bits per heavy atom. The molecule has 3 aromatic carbocycles. The van der Waals surface area contributed by atoms with Crippen LogP contribution in [0.4, 0.5) is 8.78 Å². The second-order valence-electron chi connectivity index (χ2n) is 9.10. The minimum atomic E-state index is -2.13. The van der Waals surface area contributed by atoms with Crippen molar-refractivity contribution in [3.8, 4) is 0 Å². The molecule has 4 N–H and O–H groups in total. The molecule has 38 heavy (non-hydrogen) atoms. The smallest absolute Gasteiger partial charge is 0.263 e. The molecule has 1 heterocycles. The molecule has 9 heteroatoms. The number of halogens is 2. The van der Waals surface area contributed by atoms with Gasteiger partial charge in [-0.15, -0.1) is 0 Å². The zero-order valence-corrected chi connectivity index (χ0v) is 20.6. The third-order valence-electron chi connectivity index (χ3n) is 6.35. The molecule has 0 fully saturated rings. The van der Waals surface area contributed by atoms with Crippen molar-refractivity contribution in [2.45, 2.75) is 31.0 Å². The van der Waals surface area contributed by atoms with Crippen molar-refractivity contribution in [3.63, 3.8) is 0 Å². The highest BCUT2D eigenvalue weighted by molar-refractivity contribution is 6.04. The Kier molecular flexibility index (Phi) is 8.09. The fourth-order valence-electron chi connectivity index (χ4n) is 4.51. The fraction of sp³-hybridized carbons (Fsp3) is 0.207. The van der Waals surface area contributed by atoms with E-state index in [1.807, 2.05) is 30.3 Å². The summed E-state index contributed by atoms with van der Waals surface area (Å²) in [4.78, 5) is 41.2. The predicted octanol–water partition coefficient (Wildman–Crippen LogP) is 3.07. The molecule has 7 nitrogen and oxygen atoms in total. The van der Waals surface area contributed by atoms with E-state index in [1.165, 1.54) is 6.92 Å². The van der Waals surface area contributed by atoms with Crippen LogP contribution in [-0.4, -0.2) is 46.4 Å². The number of benzene rings is 3. The minimum Gasteiger partial charge on any atom is -0.378 e. The third kappa shape index (κ3) is 5.69. The van der Waals surface area contributed by atoms with Gasteiger partial charge in [0.25, 0.3) is 5.91 Å². The quantitative estimate of drug-likeness (QED) is 0.464. The van der Waals surface area contributed by atoms with Crippen LogP contribution >= 0.6 is 0 Å². The Labute approximate surface area is 218 Å². The van der Waals surface area contributed by atoms with Crippen molar-refractivity contribution in [1.29, 1.82) is 0 Å². The lowest BCUT2D eigenvalue weighted by Crippen LogP contribution is -2.58. The fourth-order valence-corrected chi connectivity index (χ4v) is 4.51. The number of nitrogens with two attached hydrogens (primary N) is 1. The Morgan fingerprint density at radius 1 is 0.974 bits per heavy atom. The maximum absolute atomic E-state index is 13.9. The molecule has 3 aromatic rings. The second-order valence-corrected chi connectivity index (χ2v) is 9.10. The van der Waals surface area contributed by atoms with Gasteiger partial charge in [0.2, 0.25) is 11.8 Å². The molecule has 4 atom stereocenters. The second kappa shape index (κ2) is 11.5. The summed E-state index contributed by atoms with van der Waals surface area (Å²) in [6.45, 7) is 1.46. The lowest BCUT2D eigenvalue weighted by atomic mass is 9.87. The predicted molar refractivity (Wildman–Crippen MR) is 137 cm³/mol. The number of aliphatic hydroxyl groups excluding tert-OH is 1. The molecule has 1 aliphatic heterocycles. The van der Waals surface area contributed by atoms with Crippen LogP contribution in [0.15, 0.2) is 84.9 Å². The first kappa shape index (κ1) is 26.8. The molecule has 0 radical (unpaired) electrons. The first-order chi connectivity index (χ1) is 18.2. The number of carbonyl (C=O) groups is 3. The van der Waals surface area contributed by atoms with E-state index in [0.29, 0.717) is 16.5 Å². The summed E-state index contributed by atoms with van der Waals surface area (Å²) in [6, 6.07) is 17.6. The summed E-state index contributed by atoms with van der Waals surface area (Å²) in [5.41, 5.74) is 7.68. The molecule has 0 saturated heterocycles. The van der Waals surface area contributed by atoms with E-state index >= 15 is 0 Å². The van der Waals surface area contributed by atoms with Gasteiger partial charge in [-0.2, -0.15) is 0 Å². The molecular formula is C29H27F2N3O4. The van der Waals surface area contributed by atoms with Gasteiger partial charge < -0.3 is 16.2 Å². The Balaban J connectivity index is 1.86. The lowest BCUT2D eigenvalue weighted by Gasteiger charge is -2.35. The molecular weight excluding hydrogens is 492 g/mol. The van der Waals surface area contributed by atoms with Crippen LogP contribution in [0.1, 0.15) is 35.6 Å². The molecule has 3 amide bonds. The van der Waals surface area contributed by atoms with Crippen molar-refractivity contribution in [2.24, 2.45) is 5.73 Å². The molecule has 0 saturated carbocycles. The summed E-state index contributed by atoms with van der Waals surface area (Å²) >= 11 is 0. The van der Waals surface area contributed by atoms with Crippen molar-refractivity contribution in [2.75, 3.05) is 6.54 Å². The van der Waals surface area contributed by atoms with Gasteiger partial charge in [-0.25, -0.2) is 8.78 Å². The molecule has 1 aliphatic rings. The lowest BCUT2D eigenvalue weighted by molar-refractivity contribution is -0.158. The van der Waals surface area contributed by atoms with E-state index in [0.717, 1.165) is 23.3 Å². The minimum absolute atomic E-state index is 0.120. The van der Waals surface area contributed by atoms with Crippen LogP contribution in [0.3, 0.4) is 0 Å². The van der Waals surface area contributed by atoms with Crippen molar-refractivity contribution in [1.82, 2.24) is 10.2 Å². The molecule has 0 unspecified atom stereocenters. The normalized spacial score (nSPS) is 19.0. The van der Waals surface area contributed by atoms with E-state index in [9.17, 15) is 28.3 Å². The van der Waals surface area contributed by atoms with Crippen LogP contribution < -0.4 is 11.1 Å². The summed E-state index contributed by atoms with van der Waals surface area (Å²) in [5, 5.41) is 13.6. The number of aliphatic hydroxyl groups is 1. The standard InChI is InChI=1S/C29H27F2N3O4/c1-17(32)28(37)34(29(38)26(35)20-12-22(30)15-23(31)13-20)25-24(19-10-6-3-7-11-19)14-21(16-33-27(25)36)18-8-4-2-5-9-18/h2-15,17,24-26,35H,16,32H2,1H3,(H,33,36)/t17-,24+,25-,26-/m0/s1. The van der Waals surface area contributed by atoms with Gasteiger partial charge in [0.1, 0.15) is 17.7 Å². The van der Waals surface area contributed by atoms with Gasteiger partial charge in [0.05, 0.1) is 6.04 Å². The highest BCUT2D eigenvalue weighted by Crippen LogP contribution is 2.33. The van der Waals surface area contributed by atoms with Crippen molar-refractivity contribution in [3.05, 3.63) is 113 Å². The summed E-state index contributed by atoms with van der Waals surface area (Å²) in [6.07, 6.45) is -0.330. The average Bonchev–Trinajstić information content (AvgIpc) is 3.08. The Morgan fingerprint density at radius 3 is 2.13 bits per heavy atom. The topological polar surface area (TPSA) is 113 Å². The van der Waals surface area contributed by atoms with E-state index in [1.54, 1.807) is 36.4 Å². The van der Waals surface area contributed by atoms with Crippen LogP contribution in [0, 0.1) is 11.6 Å². The Hall–Kier alpha value is -4.21. The van der Waals surface area contributed by atoms with Gasteiger partial charge in [-0.05, 0) is 41.3 Å². The first-order valence-corrected chi connectivity index (χ1v) is 12.0. The van der Waals surface area contributed by atoms with E-state index in [2.05, 4.69) is 5.32 Å². The number of nitrogens with zero attached hydrogens (tertiary/aromatic N) is 1. The van der Waals surface area contributed by atoms with Gasteiger partial charge >= 0.3 is 0 Å². The van der Waals surface area contributed by atoms with Gasteiger partial charge in [-0.1, -0.05) is 66.7 Å². The van der Waals surface area contributed by atoms with Crippen LogP contribution in [0.2, 0.25) is 0 Å². The monoisotopic (exact) mass is 519 g/mol. The highest BCUT2D eigenvalue weighted by Gasteiger charge is 2.44. The average molecular weight is 520 g/mol. The van der Waals surface area contributed by atoms with E-state index in [4.69, 9.17) is 5.73 Å². The first-order valence-electron chi connectivity index (χ1n) is 12.0. The molecule has 4 rings (SSSR count). The Bertz CT molecular complexity index is 1340. The van der Waals surface area contributed by atoms with Crippen LogP contribution in [0.25, 0.3) is 5.57 Å². The number of hydrogen-bond acceptors (Lipinski definition) is 5. The summed E-state index contributed by atoms with van der Waals surface area (Å²) in [7, 11) is 0. The van der Waals surface area contributed by atoms with Crippen molar-refractivity contribution >= 4 is 23.3 Å². The molecule has 0 aromatic heterocycles. The SMILES string of the molecule is C[C@H](N)C(=O)N(C(=O)[C@@H](O)c1cc(F)cc(F)c1)[C@@H]1C(=O)NCC(c2ccccc2)=C[C@@H]1c1ccccc1. The zero-order valence-electron chi connectivity index (χ0n) is 20.6.